The van der Waals surface area contributed by atoms with Crippen molar-refractivity contribution in [2.75, 3.05) is 6.61 Å². The van der Waals surface area contributed by atoms with E-state index in [1.165, 1.54) is 0 Å². The number of fused-ring (bicyclic) bond motifs is 1. The summed E-state index contributed by atoms with van der Waals surface area (Å²) in [6, 6.07) is 9.68. The van der Waals surface area contributed by atoms with Gasteiger partial charge in [-0.1, -0.05) is 30.3 Å². The molecule has 2 N–H and O–H groups in total. The normalized spacial score (nSPS) is 37.0. The number of hydrogen-bond donors (Lipinski definition) is 2. The van der Waals surface area contributed by atoms with Crippen molar-refractivity contribution in [2.24, 2.45) is 0 Å². The Hall–Kier alpha value is -1.02. The maximum absolute atomic E-state index is 10.4. The van der Waals surface area contributed by atoms with E-state index in [2.05, 4.69) is 0 Å². The Bertz CT molecular complexity index is 491. The average Bonchev–Trinajstić information content (AvgIpc) is 2.81. The molecule has 122 valence electrons. The summed E-state index contributed by atoms with van der Waals surface area (Å²) in [6.45, 7) is 3.60. The predicted octanol–water partition coefficient (Wildman–Crippen LogP) is 0.801. The largest absolute Gasteiger partial charge is 0.394 e. The smallest absolute Gasteiger partial charge is 0.190 e. The van der Waals surface area contributed by atoms with Crippen LogP contribution in [0.1, 0.15) is 19.4 Å². The molecule has 3 rings (SSSR count). The molecule has 2 fully saturated rings. The van der Waals surface area contributed by atoms with Gasteiger partial charge in [0, 0.05) is 0 Å². The zero-order valence-corrected chi connectivity index (χ0v) is 12.7. The lowest BCUT2D eigenvalue weighted by molar-refractivity contribution is -0.265. The molecular weight excluding hydrogens is 288 g/mol. The number of ether oxygens (including phenoxy) is 4. The van der Waals surface area contributed by atoms with Gasteiger partial charge < -0.3 is 29.2 Å². The third-order valence-electron chi connectivity index (χ3n) is 3.90. The molecule has 0 unspecified atom stereocenters. The van der Waals surface area contributed by atoms with Gasteiger partial charge in [-0.3, -0.25) is 0 Å². The predicted molar refractivity (Wildman–Crippen MR) is 76.8 cm³/mol. The van der Waals surface area contributed by atoms with Crippen LogP contribution in [-0.2, 0) is 25.6 Å². The van der Waals surface area contributed by atoms with Crippen LogP contribution in [0, 0.1) is 0 Å². The summed E-state index contributed by atoms with van der Waals surface area (Å²) in [5.41, 5.74) is 0.997. The Morgan fingerprint density at radius 1 is 1.18 bits per heavy atom. The highest BCUT2D eigenvalue weighted by atomic mass is 16.8. The molecule has 5 atom stereocenters. The van der Waals surface area contributed by atoms with Crippen LogP contribution in [0.2, 0.25) is 0 Å². The molecular formula is C16H22O6. The van der Waals surface area contributed by atoms with Gasteiger partial charge in [0.15, 0.2) is 12.1 Å². The standard InChI is InChI=1S/C16H22O6/c1-16(2)21-14-13(19-9-10-6-4-3-5-7-10)12(18)11(8-17)20-15(14)22-16/h3-7,11-15,17-18H,8-9H2,1-2H3/t11-,12-,13+,14-,15-/m1/s1. The molecule has 0 radical (unpaired) electrons. The minimum absolute atomic E-state index is 0.306. The van der Waals surface area contributed by atoms with Crippen LogP contribution in [0.5, 0.6) is 0 Å². The van der Waals surface area contributed by atoms with Gasteiger partial charge in [0.05, 0.1) is 13.2 Å². The fourth-order valence-electron chi connectivity index (χ4n) is 2.85. The first-order valence-corrected chi connectivity index (χ1v) is 7.46. The lowest BCUT2D eigenvalue weighted by Crippen LogP contribution is -2.58. The van der Waals surface area contributed by atoms with Crippen molar-refractivity contribution in [3.8, 4) is 0 Å². The highest BCUT2D eigenvalue weighted by Gasteiger charge is 2.54. The molecule has 1 aromatic carbocycles. The minimum Gasteiger partial charge on any atom is -0.394 e. The summed E-state index contributed by atoms with van der Waals surface area (Å²) >= 11 is 0. The van der Waals surface area contributed by atoms with Crippen LogP contribution in [0.4, 0.5) is 0 Å². The molecule has 2 heterocycles. The lowest BCUT2D eigenvalue weighted by Gasteiger charge is -2.39. The van der Waals surface area contributed by atoms with E-state index in [0.29, 0.717) is 6.61 Å². The van der Waals surface area contributed by atoms with Crippen LogP contribution in [0.3, 0.4) is 0 Å². The van der Waals surface area contributed by atoms with Crippen LogP contribution >= 0.6 is 0 Å². The SMILES string of the molecule is CC1(C)O[C@H]2O[C@H](CO)[C@@H](O)[C@H](OCc3ccccc3)[C@H]2O1. The molecule has 0 aromatic heterocycles. The van der Waals surface area contributed by atoms with Crippen molar-refractivity contribution in [2.45, 2.75) is 56.9 Å². The molecule has 0 bridgehead atoms. The average molecular weight is 310 g/mol. The third kappa shape index (κ3) is 3.17. The molecule has 2 saturated heterocycles. The fourth-order valence-corrected chi connectivity index (χ4v) is 2.85. The highest BCUT2D eigenvalue weighted by molar-refractivity contribution is 5.13. The quantitative estimate of drug-likeness (QED) is 0.857. The number of aliphatic hydroxyl groups is 2. The van der Waals surface area contributed by atoms with Crippen molar-refractivity contribution in [3.63, 3.8) is 0 Å². The van der Waals surface area contributed by atoms with Crippen molar-refractivity contribution >= 4 is 0 Å². The molecule has 2 aliphatic rings. The maximum atomic E-state index is 10.4. The summed E-state index contributed by atoms with van der Waals surface area (Å²) < 4.78 is 22.9. The van der Waals surface area contributed by atoms with E-state index in [-0.39, 0.29) is 6.61 Å². The van der Waals surface area contributed by atoms with E-state index in [1.54, 1.807) is 13.8 Å². The Kier molecular flexibility index (Phi) is 4.49. The van der Waals surface area contributed by atoms with Gasteiger partial charge in [0.2, 0.25) is 0 Å². The van der Waals surface area contributed by atoms with Gasteiger partial charge in [0.1, 0.15) is 24.4 Å². The summed E-state index contributed by atoms with van der Waals surface area (Å²) in [4.78, 5) is 0. The van der Waals surface area contributed by atoms with E-state index in [0.717, 1.165) is 5.56 Å². The Morgan fingerprint density at radius 2 is 1.91 bits per heavy atom. The van der Waals surface area contributed by atoms with E-state index in [9.17, 15) is 10.2 Å². The lowest BCUT2D eigenvalue weighted by atomic mass is 9.99. The first-order chi connectivity index (χ1) is 10.5. The van der Waals surface area contributed by atoms with E-state index >= 15 is 0 Å². The highest BCUT2D eigenvalue weighted by Crippen LogP contribution is 2.37. The number of hydrogen-bond acceptors (Lipinski definition) is 6. The molecule has 6 nitrogen and oxygen atoms in total. The van der Waals surface area contributed by atoms with Crippen LogP contribution in [-0.4, -0.2) is 53.3 Å². The van der Waals surface area contributed by atoms with E-state index in [1.807, 2.05) is 30.3 Å². The monoisotopic (exact) mass is 310 g/mol. The van der Waals surface area contributed by atoms with E-state index in [4.69, 9.17) is 18.9 Å². The number of benzene rings is 1. The van der Waals surface area contributed by atoms with Crippen molar-refractivity contribution in [1.82, 2.24) is 0 Å². The van der Waals surface area contributed by atoms with Gasteiger partial charge in [0.25, 0.3) is 0 Å². The topological polar surface area (TPSA) is 77.4 Å². The Labute approximate surface area is 129 Å². The van der Waals surface area contributed by atoms with Gasteiger partial charge in [-0.15, -0.1) is 0 Å². The second-order valence-electron chi connectivity index (χ2n) is 6.08. The van der Waals surface area contributed by atoms with Crippen LogP contribution in [0.15, 0.2) is 30.3 Å². The summed E-state index contributed by atoms with van der Waals surface area (Å²) in [6.07, 6.45) is -3.54. The van der Waals surface area contributed by atoms with Crippen LogP contribution in [0.25, 0.3) is 0 Å². The van der Waals surface area contributed by atoms with Gasteiger partial charge in [-0.25, -0.2) is 0 Å². The molecule has 22 heavy (non-hydrogen) atoms. The van der Waals surface area contributed by atoms with Crippen molar-refractivity contribution < 1.29 is 29.2 Å². The minimum atomic E-state index is -0.979. The summed E-state index contributed by atoms with van der Waals surface area (Å²) in [5, 5.41) is 19.8. The number of rotatable bonds is 4. The summed E-state index contributed by atoms with van der Waals surface area (Å²) in [5.74, 6) is -0.812. The number of aliphatic hydroxyl groups excluding tert-OH is 2. The second kappa shape index (κ2) is 6.23. The van der Waals surface area contributed by atoms with Crippen molar-refractivity contribution in [1.29, 1.82) is 0 Å². The molecule has 0 aliphatic carbocycles. The second-order valence-corrected chi connectivity index (χ2v) is 6.08. The Balaban J connectivity index is 1.73. The fraction of sp³-hybridized carbons (Fsp3) is 0.625. The molecule has 6 heteroatoms. The van der Waals surface area contributed by atoms with Crippen LogP contribution < -0.4 is 0 Å². The van der Waals surface area contributed by atoms with Gasteiger partial charge >= 0.3 is 0 Å². The molecule has 2 aliphatic heterocycles. The zero-order valence-electron chi connectivity index (χ0n) is 12.7. The first-order valence-electron chi connectivity index (χ1n) is 7.46. The molecule has 0 amide bonds. The van der Waals surface area contributed by atoms with Gasteiger partial charge in [-0.2, -0.15) is 0 Å². The van der Waals surface area contributed by atoms with E-state index < -0.39 is 36.5 Å². The van der Waals surface area contributed by atoms with Gasteiger partial charge in [-0.05, 0) is 19.4 Å². The zero-order chi connectivity index (χ0) is 15.7. The summed E-state index contributed by atoms with van der Waals surface area (Å²) in [7, 11) is 0. The molecule has 0 saturated carbocycles. The molecule has 0 spiro atoms. The molecule has 1 aromatic rings. The maximum Gasteiger partial charge on any atom is 0.190 e. The third-order valence-corrected chi connectivity index (χ3v) is 3.90. The Morgan fingerprint density at radius 3 is 2.59 bits per heavy atom. The van der Waals surface area contributed by atoms with Crippen molar-refractivity contribution in [3.05, 3.63) is 35.9 Å². The first kappa shape index (κ1) is 15.9.